The van der Waals surface area contributed by atoms with Crippen LogP contribution in [0.3, 0.4) is 0 Å². The van der Waals surface area contributed by atoms with E-state index in [4.69, 9.17) is 0 Å². The van der Waals surface area contributed by atoms with Gasteiger partial charge in [-0.2, -0.15) is 0 Å². The molecule has 9 heteroatoms. The van der Waals surface area contributed by atoms with Crippen LogP contribution in [0, 0.1) is 19.7 Å². The fourth-order valence-corrected chi connectivity index (χ4v) is 4.26. The van der Waals surface area contributed by atoms with Crippen LogP contribution in [0.2, 0.25) is 0 Å². The van der Waals surface area contributed by atoms with Crippen LogP contribution in [0.1, 0.15) is 37.5 Å². The predicted molar refractivity (Wildman–Crippen MR) is 128 cm³/mol. The normalized spacial score (nSPS) is 12.4. The van der Waals surface area contributed by atoms with E-state index in [1.807, 2.05) is 26.8 Å². The van der Waals surface area contributed by atoms with Crippen LogP contribution in [0.15, 0.2) is 42.5 Å². The summed E-state index contributed by atoms with van der Waals surface area (Å²) < 4.78 is 39.7. The van der Waals surface area contributed by atoms with Crippen molar-refractivity contribution in [1.82, 2.24) is 10.2 Å². The van der Waals surface area contributed by atoms with Crippen LogP contribution in [0.4, 0.5) is 10.1 Å². The van der Waals surface area contributed by atoms with Crippen LogP contribution >= 0.6 is 0 Å². The van der Waals surface area contributed by atoms with E-state index < -0.39 is 34.3 Å². The number of benzene rings is 2. The minimum Gasteiger partial charge on any atom is -0.352 e. The Kier molecular flexibility index (Phi) is 8.60. The van der Waals surface area contributed by atoms with Gasteiger partial charge in [0, 0.05) is 12.6 Å². The number of hydrogen-bond acceptors (Lipinski definition) is 4. The van der Waals surface area contributed by atoms with E-state index in [9.17, 15) is 22.4 Å². The van der Waals surface area contributed by atoms with Crippen LogP contribution in [0.5, 0.6) is 0 Å². The van der Waals surface area contributed by atoms with Crippen LogP contribution < -0.4 is 9.62 Å². The van der Waals surface area contributed by atoms with Crippen LogP contribution in [0.25, 0.3) is 0 Å². The molecule has 2 aromatic carbocycles. The quantitative estimate of drug-likeness (QED) is 0.601. The number of carbonyl (C=O) groups is 2. The molecule has 2 amide bonds. The summed E-state index contributed by atoms with van der Waals surface area (Å²) in [4.78, 5) is 27.5. The molecule has 33 heavy (non-hydrogen) atoms. The maximum Gasteiger partial charge on any atom is 0.244 e. The van der Waals surface area contributed by atoms with Gasteiger partial charge >= 0.3 is 0 Å². The first-order chi connectivity index (χ1) is 15.3. The molecule has 0 aliphatic carbocycles. The number of anilines is 1. The van der Waals surface area contributed by atoms with E-state index in [-0.39, 0.29) is 18.5 Å². The zero-order chi connectivity index (χ0) is 24.9. The SMILES string of the molecule is Cc1ccc(C)c(N(CC(=O)N(Cc2ccc(F)cc2)C(C)C(=O)NC(C)C)S(C)(=O)=O)c1. The van der Waals surface area contributed by atoms with Crippen LogP contribution in [-0.4, -0.2) is 50.0 Å². The molecule has 1 unspecified atom stereocenters. The van der Waals surface area contributed by atoms with Crippen molar-refractivity contribution < 1.29 is 22.4 Å². The van der Waals surface area contributed by atoms with Gasteiger partial charge in [-0.1, -0.05) is 24.3 Å². The molecule has 0 saturated carbocycles. The van der Waals surface area contributed by atoms with Crippen molar-refractivity contribution in [1.29, 1.82) is 0 Å². The Morgan fingerprint density at radius 1 is 1.03 bits per heavy atom. The minimum absolute atomic E-state index is 0.0240. The van der Waals surface area contributed by atoms with Gasteiger partial charge in [0.05, 0.1) is 11.9 Å². The summed E-state index contributed by atoms with van der Waals surface area (Å²) in [6, 6.07) is 9.97. The summed E-state index contributed by atoms with van der Waals surface area (Å²) in [5, 5.41) is 2.78. The maximum atomic E-state index is 13.4. The highest BCUT2D eigenvalue weighted by atomic mass is 32.2. The molecule has 0 heterocycles. The van der Waals surface area contributed by atoms with E-state index in [0.717, 1.165) is 16.1 Å². The highest BCUT2D eigenvalue weighted by Gasteiger charge is 2.30. The number of nitrogens with one attached hydrogen (secondary N) is 1. The molecular formula is C24H32FN3O4S. The predicted octanol–water partition coefficient (Wildman–Crippen LogP) is 3.15. The van der Waals surface area contributed by atoms with Gasteiger partial charge in [-0.3, -0.25) is 13.9 Å². The van der Waals surface area contributed by atoms with Crippen molar-refractivity contribution >= 4 is 27.5 Å². The van der Waals surface area contributed by atoms with Crippen molar-refractivity contribution in [2.75, 3.05) is 17.1 Å². The van der Waals surface area contributed by atoms with Crippen molar-refractivity contribution in [3.8, 4) is 0 Å². The Hall–Kier alpha value is -2.94. The van der Waals surface area contributed by atoms with Gasteiger partial charge in [0.25, 0.3) is 0 Å². The summed E-state index contributed by atoms with van der Waals surface area (Å²) in [5.41, 5.74) is 2.58. The average molecular weight is 478 g/mol. The van der Waals surface area contributed by atoms with Crippen molar-refractivity contribution in [3.05, 3.63) is 65.0 Å². The summed E-state index contributed by atoms with van der Waals surface area (Å²) in [6.45, 7) is 8.36. The lowest BCUT2D eigenvalue weighted by molar-refractivity contribution is -0.139. The van der Waals surface area contributed by atoms with Gasteiger partial charge in [-0.15, -0.1) is 0 Å². The minimum atomic E-state index is -3.79. The number of carbonyl (C=O) groups excluding carboxylic acids is 2. The van der Waals surface area contributed by atoms with Crippen LogP contribution in [-0.2, 0) is 26.2 Å². The Morgan fingerprint density at radius 2 is 1.64 bits per heavy atom. The number of amides is 2. The zero-order valence-electron chi connectivity index (χ0n) is 19.9. The maximum absolute atomic E-state index is 13.4. The molecule has 0 fully saturated rings. The summed E-state index contributed by atoms with van der Waals surface area (Å²) >= 11 is 0. The Morgan fingerprint density at radius 3 is 2.18 bits per heavy atom. The molecular weight excluding hydrogens is 445 g/mol. The van der Waals surface area contributed by atoms with Crippen molar-refractivity contribution in [2.24, 2.45) is 0 Å². The lowest BCUT2D eigenvalue weighted by Crippen LogP contribution is -2.52. The number of aryl methyl sites for hydroxylation is 2. The molecule has 0 spiro atoms. The first-order valence-electron chi connectivity index (χ1n) is 10.7. The van der Waals surface area contributed by atoms with Gasteiger partial charge in [0.15, 0.2) is 0 Å². The molecule has 1 N–H and O–H groups in total. The monoisotopic (exact) mass is 477 g/mol. The largest absolute Gasteiger partial charge is 0.352 e. The third-order valence-electron chi connectivity index (χ3n) is 5.18. The molecule has 1 atom stereocenters. The number of halogens is 1. The highest BCUT2D eigenvalue weighted by molar-refractivity contribution is 7.92. The van der Waals surface area contributed by atoms with Gasteiger partial charge < -0.3 is 10.2 Å². The van der Waals surface area contributed by atoms with E-state index in [1.165, 1.54) is 29.2 Å². The standard InChI is InChI=1S/C24H32FN3O4S/c1-16(2)26-24(30)19(5)27(14-20-9-11-21(25)12-10-20)23(29)15-28(33(6,31)32)22-13-17(3)7-8-18(22)4/h7-13,16,19H,14-15H2,1-6H3,(H,26,30). The summed E-state index contributed by atoms with van der Waals surface area (Å²) in [6.07, 6.45) is 1.04. The van der Waals surface area contributed by atoms with Crippen molar-refractivity contribution in [3.63, 3.8) is 0 Å². The second kappa shape index (κ2) is 10.8. The lowest BCUT2D eigenvalue weighted by Gasteiger charge is -2.32. The number of nitrogens with zero attached hydrogens (tertiary/aromatic N) is 2. The molecule has 2 aromatic rings. The summed E-state index contributed by atoms with van der Waals surface area (Å²) in [5.74, 6) is -1.32. The van der Waals surface area contributed by atoms with Gasteiger partial charge in [-0.05, 0) is 69.5 Å². The van der Waals surface area contributed by atoms with Gasteiger partial charge in [0.2, 0.25) is 21.8 Å². The Balaban J connectivity index is 2.42. The molecule has 180 valence electrons. The second-order valence-corrected chi connectivity index (χ2v) is 10.5. The molecule has 0 aliphatic rings. The van der Waals surface area contributed by atoms with E-state index in [1.54, 1.807) is 26.0 Å². The third kappa shape index (κ3) is 7.28. The van der Waals surface area contributed by atoms with E-state index in [2.05, 4.69) is 5.32 Å². The fourth-order valence-electron chi connectivity index (χ4n) is 3.36. The Labute approximate surface area is 195 Å². The van der Waals surface area contributed by atoms with Gasteiger partial charge in [-0.25, -0.2) is 12.8 Å². The fraction of sp³-hybridized carbons (Fsp3) is 0.417. The number of hydrogen-bond donors (Lipinski definition) is 1. The topological polar surface area (TPSA) is 86.8 Å². The molecule has 0 bridgehead atoms. The first-order valence-corrected chi connectivity index (χ1v) is 12.5. The number of sulfonamides is 1. The number of rotatable bonds is 9. The Bertz CT molecular complexity index is 1100. The molecule has 7 nitrogen and oxygen atoms in total. The molecule has 0 aliphatic heterocycles. The third-order valence-corrected chi connectivity index (χ3v) is 6.30. The summed E-state index contributed by atoms with van der Waals surface area (Å²) in [7, 11) is -3.79. The average Bonchev–Trinajstić information content (AvgIpc) is 2.71. The molecule has 0 aromatic heterocycles. The lowest BCUT2D eigenvalue weighted by atomic mass is 10.1. The van der Waals surface area contributed by atoms with Gasteiger partial charge in [0.1, 0.15) is 18.4 Å². The molecule has 2 rings (SSSR count). The van der Waals surface area contributed by atoms with E-state index in [0.29, 0.717) is 16.8 Å². The first kappa shape index (κ1) is 26.3. The molecule has 0 radical (unpaired) electrons. The molecule has 0 saturated heterocycles. The van der Waals surface area contributed by atoms with E-state index >= 15 is 0 Å². The zero-order valence-corrected chi connectivity index (χ0v) is 20.7. The highest BCUT2D eigenvalue weighted by Crippen LogP contribution is 2.24. The smallest absolute Gasteiger partial charge is 0.244 e. The second-order valence-electron chi connectivity index (χ2n) is 8.55. The van der Waals surface area contributed by atoms with Crippen molar-refractivity contribution in [2.45, 2.75) is 53.2 Å².